The molecule has 1 aromatic rings. The van der Waals surface area contributed by atoms with Crippen LogP contribution < -0.4 is 0 Å². The summed E-state index contributed by atoms with van der Waals surface area (Å²) < 4.78 is 1.91. The number of carboxylic acids is 1. The number of carboxylic acid groups (broad SMARTS) is 1. The summed E-state index contributed by atoms with van der Waals surface area (Å²) in [4.78, 5) is 10.8. The Morgan fingerprint density at radius 3 is 2.69 bits per heavy atom. The van der Waals surface area contributed by atoms with E-state index in [1.165, 1.54) is 5.69 Å². The van der Waals surface area contributed by atoms with Crippen molar-refractivity contribution in [2.75, 3.05) is 0 Å². The Morgan fingerprint density at radius 2 is 2.19 bits per heavy atom. The largest absolute Gasteiger partial charge is 0.481 e. The first kappa shape index (κ1) is 11.2. The molecule has 1 aromatic heterocycles. The number of aryl methyl sites for hydroxylation is 1. The number of aliphatic carboxylic acids is 1. The lowest BCUT2D eigenvalue weighted by atomic mass is 9.80. The van der Waals surface area contributed by atoms with Gasteiger partial charge in [-0.1, -0.05) is 0 Å². The SMILES string of the molecule is Cn1nccc1CC1CCC(C(=O)O)CC1. The zero-order chi connectivity index (χ0) is 11.5. The number of carbonyl (C=O) groups is 1. The van der Waals surface area contributed by atoms with Gasteiger partial charge in [0, 0.05) is 18.9 Å². The van der Waals surface area contributed by atoms with Gasteiger partial charge >= 0.3 is 5.97 Å². The molecule has 0 atom stereocenters. The second-order valence-electron chi connectivity index (χ2n) is 4.71. The molecule has 1 aliphatic carbocycles. The smallest absolute Gasteiger partial charge is 0.306 e. The number of rotatable bonds is 3. The van der Waals surface area contributed by atoms with Crippen LogP contribution in [0.15, 0.2) is 12.3 Å². The van der Waals surface area contributed by atoms with Crippen LogP contribution in [0.25, 0.3) is 0 Å². The van der Waals surface area contributed by atoms with Crippen molar-refractivity contribution in [3.63, 3.8) is 0 Å². The molecule has 88 valence electrons. The van der Waals surface area contributed by atoms with Gasteiger partial charge in [0.1, 0.15) is 0 Å². The molecule has 1 saturated carbocycles. The minimum absolute atomic E-state index is 0.109. The maximum atomic E-state index is 10.8. The maximum Gasteiger partial charge on any atom is 0.306 e. The van der Waals surface area contributed by atoms with Gasteiger partial charge in [-0.25, -0.2) is 0 Å². The molecule has 1 heterocycles. The van der Waals surface area contributed by atoms with Crippen molar-refractivity contribution in [2.45, 2.75) is 32.1 Å². The molecule has 1 aliphatic rings. The fourth-order valence-corrected chi connectivity index (χ4v) is 2.51. The lowest BCUT2D eigenvalue weighted by Gasteiger charge is -2.25. The van der Waals surface area contributed by atoms with Crippen molar-refractivity contribution in [3.8, 4) is 0 Å². The highest BCUT2D eigenvalue weighted by molar-refractivity contribution is 5.69. The Balaban J connectivity index is 1.86. The van der Waals surface area contributed by atoms with Crippen LogP contribution in [0.3, 0.4) is 0 Å². The normalized spacial score (nSPS) is 25.6. The summed E-state index contributed by atoms with van der Waals surface area (Å²) in [7, 11) is 1.96. The van der Waals surface area contributed by atoms with Crippen molar-refractivity contribution >= 4 is 5.97 Å². The van der Waals surface area contributed by atoms with Gasteiger partial charge in [-0.15, -0.1) is 0 Å². The molecule has 0 radical (unpaired) electrons. The maximum absolute atomic E-state index is 10.8. The summed E-state index contributed by atoms with van der Waals surface area (Å²) >= 11 is 0. The summed E-state index contributed by atoms with van der Waals surface area (Å²) in [6.07, 6.45) is 6.57. The zero-order valence-electron chi connectivity index (χ0n) is 9.59. The van der Waals surface area contributed by atoms with Gasteiger partial charge in [0.2, 0.25) is 0 Å². The van der Waals surface area contributed by atoms with Crippen LogP contribution in [0.4, 0.5) is 0 Å². The Bertz CT molecular complexity index is 365. The molecule has 4 nitrogen and oxygen atoms in total. The molecule has 1 fully saturated rings. The highest BCUT2D eigenvalue weighted by atomic mass is 16.4. The van der Waals surface area contributed by atoms with E-state index in [4.69, 9.17) is 5.11 Å². The number of hydrogen-bond acceptors (Lipinski definition) is 2. The summed E-state index contributed by atoms with van der Waals surface area (Å²) in [6, 6.07) is 2.04. The monoisotopic (exact) mass is 222 g/mol. The molecule has 0 aromatic carbocycles. The van der Waals surface area contributed by atoms with Gasteiger partial charge < -0.3 is 5.11 Å². The standard InChI is InChI=1S/C12H18N2O2/c1-14-11(6-7-13-14)8-9-2-4-10(5-3-9)12(15)16/h6-7,9-10H,2-5,8H2,1H3,(H,15,16). The van der Waals surface area contributed by atoms with Gasteiger partial charge in [-0.3, -0.25) is 9.48 Å². The van der Waals surface area contributed by atoms with E-state index in [0.717, 1.165) is 32.1 Å². The molecule has 0 aliphatic heterocycles. The third-order valence-electron chi connectivity index (χ3n) is 3.62. The van der Waals surface area contributed by atoms with Crippen LogP contribution in [0.1, 0.15) is 31.4 Å². The average Bonchev–Trinajstić information content (AvgIpc) is 2.65. The first-order valence-electron chi connectivity index (χ1n) is 5.86. The van der Waals surface area contributed by atoms with E-state index in [1.54, 1.807) is 0 Å². The van der Waals surface area contributed by atoms with Crippen molar-refractivity contribution in [2.24, 2.45) is 18.9 Å². The second-order valence-corrected chi connectivity index (χ2v) is 4.71. The Kier molecular flexibility index (Phi) is 3.27. The van der Waals surface area contributed by atoms with E-state index in [9.17, 15) is 4.79 Å². The van der Waals surface area contributed by atoms with Crippen LogP contribution in [-0.2, 0) is 18.3 Å². The van der Waals surface area contributed by atoms with Crippen LogP contribution in [0, 0.1) is 11.8 Å². The molecule has 16 heavy (non-hydrogen) atoms. The summed E-state index contributed by atoms with van der Waals surface area (Å²) in [5.74, 6) is -0.104. The van der Waals surface area contributed by atoms with Gasteiger partial charge in [0.05, 0.1) is 5.92 Å². The zero-order valence-corrected chi connectivity index (χ0v) is 9.59. The second kappa shape index (κ2) is 4.68. The Labute approximate surface area is 95.3 Å². The van der Waals surface area contributed by atoms with E-state index in [2.05, 4.69) is 5.10 Å². The van der Waals surface area contributed by atoms with E-state index >= 15 is 0 Å². The fraction of sp³-hybridized carbons (Fsp3) is 0.667. The third kappa shape index (κ3) is 2.43. The predicted molar refractivity (Wildman–Crippen MR) is 60.0 cm³/mol. The number of nitrogens with zero attached hydrogens (tertiary/aromatic N) is 2. The fourth-order valence-electron chi connectivity index (χ4n) is 2.51. The van der Waals surface area contributed by atoms with Gasteiger partial charge in [-0.2, -0.15) is 5.10 Å². The van der Waals surface area contributed by atoms with Gasteiger partial charge in [-0.05, 0) is 44.1 Å². The molecular formula is C12H18N2O2. The van der Waals surface area contributed by atoms with Crippen LogP contribution in [-0.4, -0.2) is 20.9 Å². The number of aromatic nitrogens is 2. The van der Waals surface area contributed by atoms with Crippen LogP contribution >= 0.6 is 0 Å². The highest BCUT2D eigenvalue weighted by Gasteiger charge is 2.26. The van der Waals surface area contributed by atoms with E-state index < -0.39 is 5.97 Å². The van der Waals surface area contributed by atoms with E-state index in [0.29, 0.717) is 5.92 Å². The van der Waals surface area contributed by atoms with E-state index in [1.807, 2.05) is 24.0 Å². The van der Waals surface area contributed by atoms with E-state index in [-0.39, 0.29) is 5.92 Å². The highest BCUT2D eigenvalue weighted by Crippen LogP contribution is 2.30. The molecule has 0 unspecified atom stereocenters. The molecule has 2 rings (SSSR count). The molecule has 1 N–H and O–H groups in total. The van der Waals surface area contributed by atoms with Crippen molar-refractivity contribution in [1.29, 1.82) is 0 Å². The van der Waals surface area contributed by atoms with Gasteiger partial charge in [0.15, 0.2) is 0 Å². The molecule has 0 amide bonds. The Morgan fingerprint density at radius 1 is 1.50 bits per heavy atom. The summed E-state index contributed by atoms with van der Waals surface area (Å²) in [5, 5.41) is 13.1. The topological polar surface area (TPSA) is 55.1 Å². The molecule has 0 bridgehead atoms. The predicted octanol–water partition coefficient (Wildman–Crippen LogP) is 1.85. The molecule has 4 heteroatoms. The average molecular weight is 222 g/mol. The summed E-state index contributed by atoms with van der Waals surface area (Å²) in [6.45, 7) is 0. The quantitative estimate of drug-likeness (QED) is 0.849. The minimum Gasteiger partial charge on any atom is -0.481 e. The van der Waals surface area contributed by atoms with Crippen molar-refractivity contribution < 1.29 is 9.90 Å². The molecular weight excluding hydrogens is 204 g/mol. The minimum atomic E-state index is -0.626. The van der Waals surface area contributed by atoms with Crippen molar-refractivity contribution in [1.82, 2.24) is 9.78 Å². The Hall–Kier alpha value is -1.32. The first-order valence-corrected chi connectivity index (χ1v) is 5.86. The van der Waals surface area contributed by atoms with Crippen LogP contribution in [0.2, 0.25) is 0 Å². The number of hydrogen-bond donors (Lipinski definition) is 1. The van der Waals surface area contributed by atoms with Gasteiger partial charge in [0.25, 0.3) is 0 Å². The van der Waals surface area contributed by atoms with Crippen LogP contribution in [0.5, 0.6) is 0 Å². The first-order chi connectivity index (χ1) is 7.66. The lowest BCUT2D eigenvalue weighted by molar-refractivity contribution is -0.143. The lowest BCUT2D eigenvalue weighted by Crippen LogP contribution is -2.22. The van der Waals surface area contributed by atoms with Crippen molar-refractivity contribution in [3.05, 3.63) is 18.0 Å². The molecule has 0 spiro atoms. The molecule has 0 saturated heterocycles. The summed E-state index contributed by atoms with van der Waals surface area (Å²) in [5.41, 5.74) is 1.25. The third-order valence-corrected chi connectivity index (χ3v) is 3.62.